The number of carboxylic acid groups (broad SMARTS) is 1. The summed E-state index contributed by atoms with van der Waals surface area (Å²) in [5, 5.41) is 13.3. The van der Waals surface area contributed by atoms with E-state index in [1.807, 2.05) is 0 Å². The Morgan fingerprint density at radius 1 is 1.14 bits per heavy atom. The lowest BCUT2D eigenvalue weighted by Crippen LogP contribution is -2.41. The van der Waals surface area contributed by atoms with Gasteiger partial charge in [0.25, 0.3) is 0 Å². The molecule has 3 heterocycles. The molecule has 0 radical (unpaired) electrons. The monoisotopic (exact) mass is 491 g/mol. The number of carbonyl (C=O) groups excluding carboxylic acids is 3. The van der Waals surface area contributed by atoms with E-state index in [4.69, 9.17) is 23.7 Å². The van der Waals surface area contributed by atoms with Gasteiger partial charge in [0.2, 0.25) is 11.6 Å². The number of carbonyl (C=O) groups is 4. The lowest BCUT2D eigenvalue weighted by Gasteiger charge is -2.22. The molecule has 1 aliphatic heterocycles. The van der Waals surface area contributed by atoms with Gasteiger partial charge in [-0.25, -0.2) is 19.3 Å². The van der Waals surface area contributed by atoms with Crippen LogP contribution in [0.15, 0.2) is 12.5 Å². The van der Waals surface area contributed by atoms with Crippen LogP contribution in [0.25, 0.3) is 0 Å². The summed E-state index contributed by atoms with van der Waals surface area (Å²) in [6.45, 7) is 1.79. The Hall–Kier alpha value is -4.45. The molecule has 0 aromatic carbocycles. The van der Waals surface area contributed by atoms with Gasteiger partial charge >= 0.3 is 24.1 Å². The van der Waals surface area contributed by atoms with Crippen LogP contribution in [-0.2, 0) is 40.3 Å². The molecule has 0 amide bonds. The number of aryl methyl sites for hydroxylation is 1. The lowest BCUT2D eigenvalue weighted by molar-refractivity contribution is -0.157. The predicted molar refractivity (Wildman–Crippen MR) is 110 cm³/mol. The van der Waals surface area contributed by atoms with Crippen LogP contribution in [0.1, 0.15) is 42.2 Å². The van der Waals surface area contributed by atoms with Crippen LogP contribution < -0.4 is 0 Å². The van der Waals surface area contributed by atoms with Gasteiger partial charge in [-0.2, -0.15) is 4.98 Å². The minimum Gasteiger partial charge on any atom is -0.463 e. The van der Waals surface area contributed by atoms with E-state index in [9.17, 15) is 24.3 Å². The maximum atomic E-state index is 12.4. The molecule has 2 aromatic rings. The van der Waals surface area contributed by atoms with Gasteiger partial charge in [-0.1, -0.05) is 0 Å². The number of rotatable bonds is 6. The van der Waals surface area contributed by atoms with Crippen molar-refractivity contribution in [2.75, 3.05) is 13.7 Å². The number of ether oxygens (including phenoxy) is 5. The van der Waals surface area contributed by atoms with Gasteiger partial charge in [-0.05, 0) is 11.8 Å². The highest BCUT2D eigenvalue weighted by atomic mass is 16.7. The fourth-order valence-corrected chi connectivity index (χ4v) is 3.20. The molecular weight excluding hydrogens is 470 g/mol. The van der Waals surface area contributed by atoms with E-state index in [1.165, 1.54) is 6.33 Å². The van der Waals surface area contributed by atoms with Crippen molar-refractivity contribution in [3.8, 4) is 11.8 Å². The molecule has 1 saturated heterocycles. The number of nitrogens with zero attached hydrogens (tertiary/aromatic N) is 5. The van der Waals surface area contributed by atoms with E-state index in [0.717, 1.165) is 25.6 Å². The van der Waals surface area contributed by atoms with Crippen molar-refractivity contribution in [2.45, 2.75) is 38.4 Å². The second kappa shape index (κ2) is 10.7. The minimum atomic E-state index is -1.70. The van der Waals surface area contributed by atoms with E-state index < -0.39 is 55.2 Å². The summed E-state index contributed by atoms with van der Waals surface area (Å²) >= 11 is 0. The molecule has 4 atom stereocenters. The van der Waals surface area contributed by atoms with Crippen molar-refractivity contribution in [2.24, 2.45) is 7.05 Å². The van der Waals surface area contributed by atoms with Crippen molar-refractivity contribution < 1.29 is 48.0 Å². The van der Waals surface area contributed by atoms with Crippen LogP contribution in [0.2, 0.25) is 0 Å². The first kappa shape index (κ1) is 25.2. The van der Waals surface area contributed by atoms with E-state index in [2.05, 4.69) is 26.9 Å². The van der Waals surface area contributed by atoms with E-state index in [-0.39, 0.29) is 11.6 Å². The minimum absolute atomic E-state index is 0.125. The number of imidazole rings is 1. The molecule has 35 heavy (non-hydrogen) atoms. The topological polar surface area (TPSA) is 183 Å². The lowest BCUT2D eigenvalue weighted by atomic mass is 10.1. The molecule has 2 unspecified atom stereocenters. The van der Waals surface area contributed by atoms with Crippen molar-refractivity contribution in [3.63, 3.8) is 0 Å². The van der Waals surface area contributed by atoms with E-state index >= 15 is 0 Å². The van der Waals surface area contributed by atoms with Gasteiger partial charge in [0.05, 0.1) is 13.4 Å². The van der Waals surface area contributed by atoms with Gasteiger partial charge in [-0.3, -0.25) is 9.59 Å². The fourth-order valence-electron chi connectivity index (χ4n) is 3.20. The summed E-state index contributed by atoms with van der Waals surface area (Å²) in [6, 6.07) is 0. The standard InChI is InChI=1S/C20H21N5O10/c1-10(26)32-8-13-15(35-20(29)30)16(33-11(2)27)18(34-13)25-17(19(28)31-4)22-14(23-25)6-5-12-7-24(3)9-21-12/h7,9,13,15-16,18H,8H2,1-4H3,(H,29,30)/t13?,15-,16-,18?/m0/s1. The molecule has 15 nitrogen and oxygen atoms in total. The highest BCUT2D eigenvalue weighted by Crippen LogP contribution is 2.34. The number of hydrogen-bond acceptors (Lipinski definition) is 12. The first-order valence-electron chi connectivity index (χ1n) is 9.99. The molecule has 0 saturated carbocycles. The zero-order valence-corrected chi connectivity index (χ0v) is 19.0. The Balaban J connectivity index is 2.04. The third-order valence-electron chi connectivity index (χ3n) is 4.52. The molecule has 0 spiro atoms. The first-order valence-corrected chi connectivity index (χ1v) is 9.99. The zero-order chi connectivity index (χ0) is 25.7. The largest absolute Gasteiger partial charge is 0.506 e. The number of aromatic nitrogens is 5. The molecule has 15 heteroatoms. The van der Waals surface area contributed by atoms with Gasteiger partial charge < -0.3 is 33.4 Å². The normalized spacial score (nSPS) is 20.9. The van der Waals surface area contributed by atoms with Crippen LogP contribution in [0.3, 0.4) is 0 Å². The average Bonchev–Trinajstić information content (AvgIpc) is 3.47. The van der Waals surface area contributed by atoms with Crippen LogP contribution in [0, 0.1) is 11.8 Å². The molecular formula is C20H21N5O10. The SMILES string of the molecule is COC(=O)c1nc(C#Cc2cn(C)cn2)nn1C1OC(COC(C)=O)[C@H](OC(=O)O)[C@@H]1OC(C)=O. The summed E-state index contributed by atoms with van der Waals surface area (Å²) < 4.78 is 28.2. The van der Waals surface area contributed by atoms with E-state index in [0.29, 0.717) is 5.69 Å². The Bertz CT molecular complexity index is 1190. The summed E-state index contributed by atoms with van der Waals surface area (Å²) in [6.07, 6.45) is -3.98. The van der Waals surface area contributed by atoms with Gasteiger partial charge in [0.1, 0.15) is 18.4 Å². The van der Waals surface area contributed by atoms with Gasteiger partial charge in [0.15, 0.2) is 18.4 Å². The molecule has 186 valence electrons. The smallest absolute Gasteiger partial charge is 0.463 e. The summed E-state index contributed by atoms with van der Waals surface area (Å²) in [5.74, 6) is 2.49. The number of methoxy groups -OCH3 is 1. The zero-order valence-electron chi connectivity index (χ0n) is 19.0. The molecule has 0 aliphatic carbocycles. The Labute approximate surface area is 197 Å². The quantitative estimate of drug-likeness (QED) is 0.315. The predicted octanol–water partition coefficient (Wildman–Crippen LogP) is -0.347. The Morgan fingerprint density at radius 3 is 2.46 bits per heavy atom. The Kier molecular flexibility index (Phi) is 7.66. The van der Waals surface area contributed by atoms with E-state index in [1.54, 1.807) is 17.8 Å². The summed E-state index contributed by atoms with van der Waals surface area (Å²) in [7, 11) is 2.87. The van der Waals surface area contributed by atoms with Gasteiger partial charge in [-0.15, -0.1) is 5.10 Å². The molecule has 3 rings (SSSR count). The maximum absolute atomic E-state index is 12.4. The van der Waals surface area contributed by atoms with Crippen molar-refractivity contribution in [1.29, 1.82) is 0 Å². The number of esters is 3. The molecule has 1 N–H and O–H groups in total. The highest BCUT2D eigenvalue weighted by Gasteiger charge is 2.52. The van der Waals surface area contributed by atoms with Gasteiger partial charge in [0, 0.05) is 27.1 Å². The fraction of sp³-hybridized carbons (Fsp3) is 0.450. The summed E-state index contributed by atoms with van der Waals surface area (Å²) in [4.78, 5) is 54.9. The van der Waals surface area contributed by atoms with Crippen LogP contribution in [-0.4, -0.2) is 85.5 Å². The molecule has 1 fully saturated rings. The Morgan fingerprint density at radius 2 is 1.89 bits per heavy atom. The van der Waals surface area contributed by atoms with Crippen molar-refractivity contribution >= 4 is 24.1 Å². The maximum Gasteiger partial charge on any atom is 0.506 e. The van der Waals surface area contributed by atoms with Crippen LogP contribution in [0.5, 0.6) is 0 Å². The third-order valence-corrected chi connectivity index (χ3v) is 4.52. The average molecular weight is 491 g/mol. The van der Waals surface area contributed by atoms with Crippen LogP contribution in [0.4, 0.5) is 4.79 Å². The van der Waals surface area contributed by atoms with Crippen LogP contribution >= 0.6 is 0 Å². The second-order valence-corrected chi connectivity index (χ2v) is 7.16. The molecule has 0 bridgehead atoms. The third kappa shape index (κ3) is 6.12. The highest BCUT2D eigenvalue weighted by molar-refractivity contribution is 5.85. The van der Waals surface area contributed by atoms with Crippen molar-refractivity contribution in [3.05, 3.63) is 29.9 Å². The summed E-state index contributed by atoms with van der Waals surface area (Å²) in [5.41, 5.74) is 0.412. The second-order valence-electron chi connectivity index (χ2n) is 7.16. The molecule has 2 aromatic heterocycles. The number of hydrogen-bond donors (Lipinski definition) is 1. The first-order chi connectivity index (χ1) is 16.6. The molecule has 1 aliphatic rings. The van der Waals surface area contributed by atoms with Crippen molar-refractivity contribution in [1.82, 2.24) is 24.3 Å².